The van der Waals surface area contributed by atoms with Gasteiger partial charge in [-0.2, -0.15) is 0 Å². The van der Waals surface area contributed by atoms with E-state index in [-0.39, 0.29) is 0 Å². The van der Waals surface area contributed by atoms with Gasteiger partial charge in [0.2, 0.25) is 0 Å². The normalized spacial score (nSPS) is 10.9. The minimum atomic E-state index is 0.965. The number of hydrogen-bond donors (Lipinski definition) is 1. The van der Waals surface area contributed by atoms with E-state index in [1.54, 1.807) is 0 Å². The number of hydrogen-bond acceptors (Lipinski definition) is 3. The molecule has 4 rings (SSSR count). The van der Waals surface area contributed by atoms with Gasteiger partial charge in [-0.1, -0.05) is 36.4 Å². The fourth-order valence-electron chi connectivity index (χ4n) is 2.50. The zero-order chi connectivity index (χ0) is 14.1. The van der Waals surface area contributed by atoms with Gasteiger partial charge >= 0.3 is 0 Å². The minimum absolute atomic E-state index is 0.965. The Morgan fingerprint density at radius 2 is 1.62 bits per heavy atom. The van der Waals surface area contributed by atoms with E-state index in [0.717, 1.165) is 33.2 Å². The Morgan fingerprint density at radius 1 is 0.762 bits per heavy atom. The van der Waals surface area contributed by atoms with Crippen LogP contribution in [0.3, 0.4) is 0 Å². The third kappa shape index (κ3) is 2.19. The smallest absolute Gasteiger partial charge is 0.0936 e. The largest absolute Gasteiger partial charge is 0.352 e. The molecule has 4 aromatic rings. The van der Waals surface area contributed by atoms with E-state index in [1.165, 1.54) is 0 Å². The molecule has 0 amide bonds. The number of anilines is 2. The quantitative estimate of drug-likeness (QED) is 0.582. The highest BCUT2D eigenvalue weighted by Gasteiger charge is 2.03. The molecule has 0 atom stereocenters. The zero-order valence-corrected chi connectivity index (χ0v) is 11.3. The van der Waals surface area contributed by atoms with Crippen molar-refractivity contribution in [2.45, 2.75) is 0 Å². The lowest BCUT2D eigenvalue weighted by molar-refractivity contribution is 1.38. The van der Waals surface area contributed by atoms with E-state index < -0.39 is 0 Å². The maximum Gasteiger partial charge on any atom is 0.0936 e. The molecule has 0 saturated heterocycles. The standard InChI is InChI=1S/C18H13N3/c1-2-8-16-14(5-1)11-15(12-20-16)21-17-9-3-6-13-7-4-10-19-18(13)17/h1-12,21H. The Hall–Kier alpha value is -2.94. The molecule has 1 N–H and O–H groups in total. The second-order valence-electron chi connectivity index (χ2n) is 4.92. The molecule has 21 heavy (non-hydrogen) atoms. The van der Waals surface area contributed by atoms with Crippen molar-refractivity contribution in [1.82, 2.24) is 9.97 Å². The first-order chi connectivity index (χ1) is 10.4. The van der Waals surface area contributed by atoms with E-state index >= 15 is 0 Å². The molecule has 2 aromatic carbocycles. The van der Waals surface area contributed by atoms with Crippen LogP contribution in [0, 0.1) is 0 Å². The summed E-state index contributed by atoms with van der Waals surface area (Å²) in [6, 6.07) is 20.3. The van der Waals surface area contributed by atoms with Crippen molar-refractivity contribution >= 4 is 33.2 Å². The van der Waals surface area contributed by atoms with Crippen molar-refractivity contribution in [3.8, 4) is 0 Å². The first kappa shape index (κ1) is 11.9. The number of pyridine rings is 2. The molecular formula is C18H13N3. The van der Waals surface area contributed by atoms with E-state index in [1.807, 2.05) is 48.8 Å². The molecule has 0 spiro atoms. The molecule has 0 saturated carbocycles. The minimum Gasteiger partial charge on any atom is -0.352 e. The molecule has 0 aliphatic carbocycles. The summed E-state index contributed by atoms with van der Waals surface area (Å²) in [5.41, 5.74) is 3.92. The number of rotatable bonds is 2. The maximum atomic E-state index is 4.47. The Labute approximate surface area is 122 Å². The number of para-hydroxylation sites is 2. The van der Waals surface area contributed by atoms with Gasteiger partial charge in [-0.05, 0) is 24.3 Å². The molecule has 0 aliphatic rings. The topological polar surface area (TPSA) is 37.8 Å². The summed E-state index contributed by atoms with van der Waals surface area (Å²) in [5, 5.41) is 5.66. The summed E-state index contributed by atoms with van der Waals surface area (Å²) in [7, 11) is 0. The third-order valence-corrected chi connectivity index (χ3v) is 3.50. The van der Waals surface area contributed by atoms with Gasteiger partial charge in [0.1, 0.15) is 0 Å². The molecule has 3 nitrogen and oxygen atoms in total. The van der Waals surface area contributed by atoms with Crippen LogP contribution in [0.5, 0.6) is 0 Å². The van der Waals surface area contributed by atoms with Gasteiger partial charge < -0.3 is 5.32 Å². The van der Waals surface area contributed by atoms with Crippen molar-refractivity contribution in [3.63, 3.8) is 0 Å². The Kier molecular flexibility index (Phi) is 2.75. The molecule has 2 heterocycles. The molecule has 0 bridgehead atoms. The number of aromatic nitrogens is 2. The fraction of sp³-hybridized carbons (Fsp3) is 0. The summed E-state index contributed by atoms with van der Waals surface area (Å²) in [4.78, 5) is 8.93. The van der Waals surface area contributed by atoms with Crippen molar-refractivity contribution in [2.75, 3.05) is 5.32 Å². The van der Waals surface area contributed by atoms with Gasteiger partial charge in [-0.3, -0.25) is 9.97 Å². The third-order valence-electron chi connectivity index (χ3n) is 3.50. The summed E-state index contributed by atoms with van der Waals surface area (Å²) >= 11 is 0. The SMILES string of the molecule is c1ccc2ncc(Nc3cccc4cccnc34)cc2c1. The highest BCUT2D eigenvalue weighted by Crippen LogP contribution is 2.25. The molecule has 0 unspecified atom stereocenters. The van der Waals surface area contributed by atoms with Crippen LogP contribution in [0.25, 0.3) is 21.8 Å². The number of nitrogens with one attached hydrogen (secondary N) is 1. The number of benzene rings is 2. The lowest BCUT2D eigenvalue weighted by Crippen LogP contribution is -1.93. The van der Waals surface area contributed by atoms with Crippen LogP contribution in [0.1, 0.15) is 0 Å². The van der Waals surface area contributed by atoms with E-state index in [4.69, 9.17) is 0 Å². The van der Waals surface area contributed by atoms with Gasteiger partial charge in [0.15, 0.2) is 0 Å². The fourth-order valence-corrected chi connectivity index (χ4v) is 2.50. The van der Waals surface area contributed by atoms with Gasteiger partial charge in [0.05, 0.1) is 28.6 Å². The number of nitrogens with zero attached hydrogens (tertiary/aromatic N) is 2. The van der Waals surface area contributed by atoms with Crippen LogP contribution in [0.15, 0.2) is 73.1 Å². The molecule has 100 valence electrons. The molecule has 0 aliphatic heterocycles. The average Bonchev–Trinajstić information content (AvgIpc) is 2.55. The van der Waals surface area contributed by atoms with Crippen molar-refractivity contribution in [3.05, 3.63) is 73.1 Å². The van der Waals surface area contributed by atoms with Crippen LogP contribution < -0.4 is 5.32 Å². The first-order valence-electron chi connectivity index (χ1n) is 6.86. The van der Waals surface area contributed by atoms with Crippen LogP contribution >= 0.6 is 0 Å². The van der Waals surface area contributed by atoms with Crippen LogP contribution in [0.2, 0.25) is 0 Å². The Balaban J connectivity index is 1.79. The van der Waals surface area contributed by atoms with Gasteiger partial charge in [0, 0.05) is 17.0 Å². The summed E-state index contributed by atoms with van der Waals surface area (Å²) in [6.07, 6.45) is 3.66. The van der Waals surface area contributed by atoms with E-state index in [0.29, 0.717) is 0 Å². The van der Waals surface area contributed by atoms with E-state index in [9.17, 15) is 0 Å². The highest BCUT2D eigenvalue weighted by molar-refractivity contribution is 5.92. The zero-order valence-electron chi connectivity index (χ0n) is 11.3. The average molecular weight is 271 g/mol. The summed E-state index contributed by atoms with van der Waals surface area (Å²) in [5.74, 6) is 0. The predicted molar refractivity (Wildman–Crippen MR) is 86.8 cm³/mol. The summed E-state index contributed by atoms with van der Waals surface area (Å²) in [6.45, 7) is 0. The van der Waals surface area contributed by atoms with Crippen molar-refractivity contribution in [2.24, 2.45) is 0 Å². The summed E-state index contributed by atoms with van der Waals surface area (Å²) < 4.78 is 0. The molecule has 3 heteroatoms. The predicted octanol–water partition coefficient (Wildman–Crippen LogP) is 4.53. The molecule has 2 aromatic heterocycles. The second-order valence-corrected chi connectivity index (χ2v) is 4.92. The highest BCUT2D eigenvalue weighted by atomic mass is 14.9. The van der Waals surface area contributed by atoms with Crippen LogP contribution in [-0.2, 0) is 0 Å². The lowest BCUT2D eigenvalue weighted by atomic mass is 10.1. The van der Waals surface area contributed by atoms with Gasteiger partial charge in [-0.25, -0.2) is 0 Å². The number of fused-ring (bicyclic) bond motifs is 2. The van der Waals surface area contributed by atoms with E-state index in [2.05, 4.69) is 39.6 Å². The monoisotopic (exact) mass is 271 g/mol. The van der Waals surface area contributed by atoms with Crippen molar-refractivity contribution < 1.29 is 0 Å². The van der Waals surface area contributed by atoms with Crippen LogP contribution in [-0.4, -0.2) is 9.97 Å². The molecule has 0 fully saturated rings. The maximum absolute atomic E-state index is 4.47. The van der Waals surface area contributed by atoms with Crippen LogP contribution in [0.4, 0.5) is 11.4 Å². The second kappa shape index (κ2) is 4.87. The molecular weight excluding hydrogens is 258 g/mol. The lowest BCUT2D eigenvalue weighted by Gasteiger charge is -2.09. The van der Waals surface area contributed by atoms with Crippen molar-refractivity contribution in [1.29, 1.82) is 0 Å². The van der Waals surface area contributed by atoms with Gasteiger partial charge in [0.25, 0.3) is 0 Å². The first-order valence-corrected chi connectivity index (χ1v) is 6.86. The Bertz CT molecular complexity index is 926. The Morgan fingerprint density at radius 3 is 2.62 bits per heavy atom. The molecule has 0 radical (unpaired) electrons. The van der Waals surface area contributed by atoms with Gasteiger partial charge in [-0.15, -0.1) is 0 Å².